The second-order valence-electron chi connectivity index (χ2n) is 8.48. The molecule has 3 rings (SSSR count). The molecule has 1 aromatic rings. The Morgan fingerprint density at radius 2 is 1.63 bits per heavy atom. The number of hydrogen-bond acceptors (Lipinski definition) is 12. The SMILES string of the molecule is CCOC(=O)C1(C(=O)OCC)COP(=O)(C2=C(C)NC(C)=C(C(=O)OC)C2c2ccccc2[N+](=O)[O-])OC1. The van der Waals surface area contributed by atoms with Crippen molar-refractivity contribution in [2.75, 3.05) is 33.5 Å². The number of ether oxygens (including phenoxy) is 3. The Hall–Kier alpha value is -3.54. The topological polar surface area (TPSA) is 170 Å². The number of nitrogens with one attached hydrogen (secondary N) is 1. The molecule has 1 unspecified atom stereocenters. The maximum Gasteiger partial charge on any atom is 0.360 e. The molecule has 0 aromatic heterocycles. The third kappa shape index (κ3) is 5.09. The van der Waals surface area contributed by atoms with Crippen molar-refractivity contribution < 1.29 is 47.1 Å². The Balaban J connectivity index is 2.16. The molecule has 1 atom stereocenters. The van der Waals surface area contributed by atoms with Gasteiger partial charge in [0.25, 0.3) is 5.69 Å². The normalized spacial score (nSPS) is 20.3. The highest BCUT2D eigenvalue weighted by atomic mass is 31.2. The lowest BCUT2D eigenvalue weighted by Gasteiger charge is -2.39. The van der Waals surface area contributed by atoms with Gasteiger partial charge < -0.3 is 28.6 Å². The number of carbonyl (C=O) groups is 3. The van der Waals surface area contributed by atoms with E-state index in [9.17, 15) is 29.1 Å². The van der Waals surface area contributed by atoms with Gasteiger partial charge in [-0.25, -0.2) is 4.79 Å². The number of para-hydroxylation sites is 1. The van der Waals surface area contributed by atoms with Crippen molar-refractivity contribution in [3.63, 3.8) is 0 Å². The predicted octanol–water partition coefficient (Wildman–Crippen LogP) is 3.31. The Labute approximate surface area is 218 Å². The lowest BCUT2D eigenvalue weighted by atomic mass is 9.85. The molecule has 0 radical (unpaired) electrons. The van der Waals surface area contributed by atoms with Gasteiger partial charge in [0.15, 0.2) is 0 Å². The van der Waals surface area contributed by atoms with E-state index in [2.05, 4.69) is 5.32 Å². The number of carbonyl (C=O) groups excluding carboxylic acids is 3. The highest BCUT2D eigenvalue weighted by Crippen LogP contribution is 2.67. The summed E-state index contributed by atoms with van der Waals surface area (Å²) in [5.41, 5.74) is -1.81. The lowest BCUT2D eigenvalue weighted by molar-refractivity contribution is -0.385. The van der Waals surface area contributed by atoms with Crippen LogP contribution in [0.2, 0.25) is 0 Å². The van der Waals surface area contributed by atoms with E-state index in [1.54, 1.807) is 27.7 Å². The van der Waals surface area contributed by atoms with Crippen LogP contribution >= 0.6 is 7.60 Å². The molecule has 0 aliphatic carbocycles. The average molecular weight is 552 g/mol. The van der Waals surface area contributed by atoms with E-state index < -0.39 is 55.0 Å². The molecule has 1 fully saturated rings. The fourth-order valence-electron chi connectivity index (χ4n) is 4.39. The number of nitro benzene ring substituents is 1. The van der Waals surface area contributed by atoms with Crippen molar-refractivity contribution in [2.45, 2.75) is 33.6 Å². The number of nitrogens with zero attached hydrogens (tertiary/aromatic N) is 1. The number of methoxy groups -OCH3 is 1. The molecule has 14 heteroatoms. The second-order valence-corrected chi connectivity index (χ2v) is 10.5. The van der Waals surface area contributed by atoms with E-state index in [1.165, 1.54) is 24.3 Å². The molecule has 38 heavy (non-hydrogen) atoms. The summed E-state index contributed by atoms with van der Waals surface area (Å²) in [6, 6.07) is 5.66. The first kappa shape index (κ1) is 29.0. The van der Waals surface area contributed by atoms with Gasteiger partial charge in [-0.2, -0.15) is 0 Å². The van der Waals surface area contributed by atoms with Crippen LogP contribution in [0.1, 0.15) is 39.2 Å². The second kappa shape index (κ2) is 11.5. The molecular weight excluding hydrogens is 523 g/mol. The molecule has 206 valence electrons. The Morgan fingerprint density at radius 1 is 1.08 bits per heavy atom. The number of rotatable bonds is 8. The average Bonchev–Trinajstić information content (AvgIpc) is 2.88. The zero-order valence-corrected chi connectivity index (χ0v) is 22.5. The molecule has 2 heterocycles. The predicted molar refractivity (Wildman–Crippen MR) is 132 cm³/mol. The molecular formula is C24H29N2O11P. The quantitative estimate of drug-likeness (QED) is 0.125. The van der Waals surface area contributed by atoms with Gasteiger partial charge in [-0.1, -0.05) is 18.2 Å². The molecule has 0 amide bonds. The first-order valence-corrected chi connectivity index (χ1v) is 13.3. The van der Waals surface area contributed by atoms with E-state index in [0.29, 0.717) is 5.70 Å². The standard InChI is InChI=1S/C24H29N2O11P/c1-6-34-22(28)24(23(29)35-7-2)12-36-38(32,37-13-24)20-15(4)25-14(3)18(21(27)33-5)19(20)16-10-8-9-11-17(16)26(30)31/h8-11,19,25H,6-7,12-13H2,1-5H3. The van der Waals surface area contributed by atoms with Crippen molar-refractivity contribution in [3.05, 3.63) is 62.2 Å². The van der Waals surface area contributed by atoms with E-state index >= 15 is 0 Å². The molecule has 1 saturated heterocycles. The minimum atomic E-state index is -4.39. The molecule has 0 saturated carbocycles. The maximum atomic E-state index is 14.3. The Kier molecular flexibility index (Phi) is 8.75. The van der Waals surface area contributed by atoms with Gasteiger partial charge >= 0.3 is 25.5 Å². The van der Waals surface area contributed by atoms with E-state index in [0.717, 1.165) is 7.11 Å². The van der Waals surface area contributed by atoms with Gasteiger partial charge in [-0.3, -0.25) is 24.3 Å². The Bertz CT molecular complexity index is 1240. The van der Waals surface area contributed by atoms with Gasteiger partial charge in [0.1, 0.15) is 0 Å². The molecule has 1 N–H and O–H groups in total. The summed E-state index contributed by atoms with van der Waals surface area (Å²) in [6.07, 6.45) is 0. The van der Waals surface area contributed by atoms with Crippen LogP contribution in [0.25, 0.3) is 0 Å². The molecule has 2 aliphatic heterocycles. The van der Waals surface area contributed by atoms with Crippen LogP contribution in [-0.2, 0) is 42.2 Å². The zero-order chi connectivity index (χ0) is 28.3. The smallest absolute Gasteiger partial charge is 0.360 e. The summed E-state index contributed by atoms with van der Waals surface area (Å²) < 4.78 is 40.6. The van der Waals surface area contributed by atoms with Gasteiger partial charge in [0, 0.05) is 23.0 Å². The molecule has 1 aromatic carbocycles. The molecule has 0 bridgehead atoms. The maximum absolute atomic E-state index is 14.3. The van der Waals surface area contributed by atoms with Crippen LogP contribution in [0.4, 0.5) is 5.69 Å². The van der Waals surface area contributed by atoms with E-state index in [-0.39, 0.29) is 41.0 Å². The van der Waals surface area contributed by atoms with Crippen molar-refractivity contribution >= 4 is 31.2 Å². The van der Waals surface area contributed by atoms with Gasteiger partial charge in [-0.15, -0.1) is 0 Å². The summed E-state index contributed by atoms with van der Waals surface area (Å²) >= 11 is 0. The third-order valence-corrected chi connectivity index (χ3v) is 8.29. The summed E-state index contributed by atoms with van der Waals surface area (Å²) in [5, 5.41) is 14.7. The summed E-state index contributed by atoms with van der Waals surface area (Å²) in [6.45, 7) is 4.70. The summed E-state index contributed by atoms with van der Waals surface area (Å²) in [4.78, 5) is 49.7. The molecule has 13 nitrogen and oxygen atoms in total. The van der Waals surface area contributed by atoms with Crippen LogP contribution in [0.5, 0.6) is 0 Å². The van der Waals surface area contributed by atoms with Gasteiger partial charge in [0.05, 0.1) is 55.3 Å². The highest BCUT2D eigenvalue weighted by Gasteiger charge is 2.58. The number of dihydropyridines is 1. The minimum absolute atomic E-state index is 0.0435. The van der Waals surface area contributed by atoms with Crippen LogP contribution in [0.15, 0.2) is 46.5 Å². The van der Waals surface area contributed by atoms with Crippen molar-refractivity contribution in [2.24, 2.45) is 5.41 Å². The molecule has 2 aliphatic rings. The van der Waals surface area contributed by atoms with Crippen molar-refractivity contribution in [3.8, 4) is 0 Å². The number of benzene rings is 1. The number of hydrogen-bond donors (Lipinski definition) is 1. The van der Waals surface area contributed by atoms with Crippen molar-refractivity contribution in [1.29, 1.82) is 0 Å². The fourth-order valence-corrected chi connectivity index (χ4v) is 6.58. The highest BCUT2D eigenvalue weighted by molar-refractivity contribution is 7.58. The summed E-state index contributed by atoms with van der Waals surface area (Å²) in [5.74, 6) is -4.04. The number of allylic oxidation sites excluding steroid dienone is 3. The third-order valence-electron chi connectivity index (χ3n) is 6.16. The zero-order valence-electron chi connectivity index (χ0n) is 21.6. The Morgan fingerprint density at radius 3 is 2.13 bits per heavy atom. The first-order chi connectivity index (χ1) is 18.0. The van der Waals surface area contributed by atoms with E-state index in [4.69, 9.17) is 23.3 Å². The fraction of sp³-hybridized carbons (Fsp3) is 0.458. The van der Waals surface area contributed by atoms with Crippen molar-refractivity contribution in [1.82, 2.24) is 5.32 Å². The van der Waals surface area contributed by atoms with Crippen LogP contribution in [0.3, 0.4) is 0 Å². The lowest BCUT2D eigenvalue weighted by Crippen LogP contribution is -2.51. The largest absolute Gasteiger partial charge is 0.466 e. The first-order valence-electron chi connectivity index (χ1n) is 11.7. The van der Waals surface area contributed by atoms with E-state index in [1.807, 2.05) is 0 Å². The van der Waals surface area contributed by atoms with Crippen LogP contribution < -0.4 is 5.32 Å². The van der Waals surface area contributed by atoms with Gasteiger partial charge in [-0.05, 0) is 27.7 Å². The van der Waals surface area contributed by atoms with Gasteiger partial charge in [0.2, 0.25) is 5.41 Å². The van der Waals surface area contributed by atoms with Crippen LogP contribution in [-0.4, -0.2) is 56.4 Å². The molecule has 0 spiro atoms. The summed E-state index contributed by atoms with van der Waals surface area (Å²) in [7, 11) is -3.25. The minimum Gasteiger partial charge on any atom is -0.466 e. The monoisotopic (exact) mass is 552 g/mol. The van der Waals surface area contributed by atoms with Crippen LogP contribution in [0, 0.1) is 15.5 Å². The number of nitro groups is 1. The number of esters is 3.